The average Bonchev–Trinajstić information content (AvgIpc) is 2.53. The minimum Gasteiger partial charge on any atom is -0.507 e. The SMILES string of the molecule is CNC(=O)c1ccc(C(=O)c2ccccc2O)cc1OC. The standard InChI is InChI=1S/C16H15NO4/c1-17-16(20)12-8-7-10(9-14(12)21-2)15(19)11-5-3-4-6-13(11)18/h3-9,18H,1-2H3,(H,17,20). The molecule has 0 aliphatic rings. The molecule has 0 unspecified atom stereocenters. The number of phenols is 1. The maximum absolute atomic E-state index is 12.4. The van der Waals surface area contributed by atoms with E-state index in [1.807, 2.05) is 0 Å². The number of carbonyl (C=O) groups is 2. The Kier molecular flexibility index (Phi) is 4.23. The molecule has 0 bridgehead atoms. The largest absolute Gasteiger partial charge is 0.507 e. The summed E-state index contributed by atoms with van der Waals surface area (Å²) < 4.78 is 5.15. The Morgan fingerprint density at radius 1 is 1.10 bits per heavy atom. The van der Waals surface area contributed by atoms with E-state index in [0.29, 0.717) is 16.9 Å². The number of methoxy groups -OCH3 is 1. The summed E-state index contributed by atoms with van der Waals surface area (Å²) in [5.41, 5.74) is 0.877. The lowest BCUT2D eigenvalue weighted by Gasteiger charge is -2.10. The van der Waals surface area contributed by atoms with E-state index in [2.05, 4.69) is 5.32 Å². The zero-order chi connectivity index (χ0) is 15.4. The highest BCUT2D eigenvalue weighted by atomic mass is 16.5. The predicted molar refractivity (Wildman–Crippen MR) is 77.9 cm³/mol. The molecule has 5 nitrogen and oxygen atoms in total. The molecule has 2 rings (SSSR count). The average molecular weight is 285 g/mol. The van der Waals surface area contributed by atoms with Gasteiger partial charge < -0.3 is 15.2 Å². The topological polar surface area (TPSA) is 75.6 Å². The first-order chi connectivity index (χ1) is 10.1. The van der Waals surface area contributed by atoms with E-state index in [0.717, 1.165) is 0 Å². The van der Waals surface area contributed by atoms with Gasteiger partial charge in [-0.1, -0.05) is 12.1 Å². The first-order valence-corrected chi connectivity index (χ1v) is 6.31. The van der Waals surface area contributed by atoms with Crippen LogP contribution < -0.4 is 10.1 Å². The molecule has 5 heteroatoms. The molecule has 2 N–H and O–H groups in total. The number of ketones is 1. The molecule has 0 spiro atoms. The number of ether oxygens (including phenoxy) is 1. The van der Waals surface area contributed by atoms with Gasteiger partial charge in [-0.3, -0.25) is 9.59 Å². The third kappa shape index (κ3) is 2.86. The van der Waals surface area contributed by atoms with E-state index in [1.54, 1.807) is 12.1 Å². The third-order valence-corrected chi connectivity index (χ3v) is 3.08. The fourth-order valence-corrected chi connectivity index (χ4v) is 1.98. The summed E-state index contributed by atoms with van der Waals surface area (Å²) in [4.78, 5) is 24.1. The Bertz CT molecular complexity index is 694. The van der Waals surface area contributed by atoms with E-state index >= 15 is 0 Å². The zero-order valence-corrected chi connectivity index (χ0v) is 11.7. The van der Waals surface area contributed by atoms with Crippen molar-refractivity contribution in [3.05, 3.63) is 59.2 Å². The van der Waals surface area contributed by atoms with Gasteiger partial charge in [0.25, 0.3) is 5.91 Å². The zero-order valence-electron chi connectivity index (χ0n) is 11.7. The highest BCUT2D eigenvalue weighted by Gasteiger charge is 2.17. The van der Waals surface area contributed by atoms with Crippen molar-refractivity contribution in [2.75, 3.05) is 14.2 Å². The first-order valence-electron chi connectivity index (χ1n) is 6.31. The maximum atomic E-state index is 12.4. The fourth-order valence-electron chi connectivity index (χ4n) is 1.98. The number of carbonyl (C=O) groups excluding carboxylic acids is 2. The van der Waals surface area contributed by atoms with Crippen LogP contribution in [0, 0.1) is 0 Å². The summed E-state index contributed by atoms with van der Waals surface area (Å²) in [7, 11) is 2.94. The van der Waals surface area contributed by atoms with Crippen LogP contribution in [-0.2, 0) is 0 Å². The van der Waals surface area contributed by atoms with Crippen LogP contribution in [0.25, 0.3) is 0 Å². The molecular weight excluding hydrogens is 270 g/mol. The molecule has 0 fully saturated rings. The van der Waals surface area contributed by atoms with Crippen molar-refractivity contribution in [3.63, 3.8) is 0 Å². The van der Waals surface area contributed by atoms with E-state index in [4.69, 9.17) is 4.74 Å². The number of phenolic OH excluding ortho intramolecular Hbond substituents is 1. The molecular formula is C16H15NO4. The number of rotatable bonds is 4. The number of benzene rings is 2. The second-order valence-corrected chi connectivity index (χ2v) is 4.34. The van der Waals surface area contributed by atoms with Crippen molar-refractivity contribution in [1.82, 2.24) is 5.32 Å². The molecule has 0 heterocycles. The number of hydrogen-bond donors (Lipinski definition) is 2. The summed E-state index contributed by atoms with van der Waals surface area (Å²) in [6.45, 7) is 0. The molecule has 0 aliphatic carbocycles. The van der Waals surface area contributed by atoms with Crippen molar-refractivity contribution in [2.45, 2.75) is 0 Å². The quantitative estimate of drug-likeness (QED) is 0.842. The smallest absolute Gasteiger partial charge is 0.254 e. The summed E-state index contributed by atoms with van der Waals surface area (Å²) in [5, 5.41) is 12.2. The number of hydrogen-bond acceptors (Lipinski definition) is 4. The highest BCUT2D eigenvalue weighted by Crippen LogP contribution is 2.24. The first kappa shape index (κ1) is 14.6. The van der Waals surface area contributed by atoms with Crippen LogP contribution in [0.1, 0.15) is 26.3 Å². The van der Waals surface area contributed by atoms with E-state index in [1.165, 1.54) is 44.5 Å². The van der Waals surface area contributed by atoms with Gasteiger partial charge in [0.2, 0.25) is 0 Å². The van der Waals surface area contributed by atoms with Crippen LogP contribution in [0.5, 0.6) is 11.5 Å². The Morgan fingerprint density at radius 2 is 1.81 bits per heavy atom. The third-order valence-electron chi connectivity index (χ3n) is 3.08. The summed E-state index contributed by atoms with van der Waals surface area (Å²) in [6, 6.07) is 10.8. The van der Waals surface area contributed by atoms with Gasteiger partial charge in [-0.2, -0.15) is 0 Å². The monoisotopic (exact) mass is 285 g/mol. The Hall–Kier alpha value is -2.82. The number of amides is 1. The molecule has 0 saturated heterocycles. The van der Waals surface area contributed by atoms with Crippen molar-refractivity contribution in [1.29, 1.82) is 0 Å². The van der Waals surface area contributed by atoms with Crippen LogP contribution >= 0.6 is 0 Å². The molecule has 0 atom stereocenters. The molecule has 0 saturated carbocycles. The van der Waals surface area contributed by atoms with E-state index < -0.39 is 0 Å². The highest BCUT2D eigenvalue weighted by molar-refractivity contribution is 6.11. The number of aromatic hydroxyl groups is 1. The second kappa shape index (κ2) is 6.09. The fraction of sp³-hybridized carbons (Fsp3) is 0.125. The summed E-state index contributed by atoms with van der Waals surface area (Å²) >= 11 is 0. The van der Waals surface area contributed by atoms with Gasteiger partial charge in [0.05, 0.1) is 18.2 Å². The van der Waals surface area contributed by atoms with E-state index in [-0.39, 0.29) is 23.0 Å². The van der Waals surface area contributed by atoms with Gasteiger partial charge in [-0.05, 0) is 30.3 Å². The molecule has 2 aromatic carbocycles. The lowest BCUT2D eigenvalue weighted by Crippen LogP contribution is -2.19. The molecule has 1 amide bonds. The minimum absolute atomic E-state index is 0.0863. The number of para-hydroxylation sites is 1. The molecule has 0 aromatic heterocycles. The van der Waals surface area contributed by atoms with Gasteiger partial charge in [0.1, 0.15) is 11.5 Å². The maximum Gasteiger partial charge on any atom is 0.254 e. The van der Waals surface area contributed by atoms with Gasteiger partial charge in [-0.15, -0.1) is 0 Å². The van der Waals surface area contributed by atoms with Crippen molar-refractivity contribution >= 4 is 11.7 Å². The van der Waals surface area contributed by atoms with Crippen LogP contribution in [-0.4, -0.2) is 31.0 Å². The van der Waals surface area contributed by atoms with E-state index in [9.17, 15) is 14.7 Å². The molecule has 0 aliphatic heterocycles. The second-order valence-electron chi connectivity index (χ2n) is 4.34. The van der Waals surface area contributed by atoms with Crippen LogP contribution in [0.4, 0.5) is 0 Å². The summed E-state index contributed by atoms with van der Waals surface area (Å²) in [5.74, 6) is -0.421. The Morgan fingerprint density at radius 3 is 2.43 bits per heavy atom. The van der Waals surface area contributed by atoms with Crippen LogP contribution in [0.2, 0.25) is 0 Å². The Labute approximate surface area is 122 Å². The van der Waals surface area contributed by atoms with Crippen LogP contribution in [0.15, 0.2) is 42.5 Å². The lowest BCUT2D eigenvalue weighted by atomic mass is 10.0. The van der Waals surface area contributed by atoms with Crippen LogP contribution in [0.3, 0.4) is 0 Å². The molecule has 2 aromatic rings. The molecule has 21 heavy (non-hydrogen) atoms. The van der Waals surface area contributed by atoms with Gasteiger partial charge in [0, 0.05) is 12.6 Å². The van der Waals surface area contributed by atoms with Crippen molar-refractivity contribution < 1.29 is 19.4 Å². The van der Waals surface area contributed by atoms with Crippen molar-refractivity contribution in [3.8, 4) is 11.5 Å². The van der Waals surface area contributed by atoms with Gasteiger partial charge in [0.15, 0.2) is 5.78 Å². The number of nitrogens with one attached hydrogen (secondary N) is 1. The normalized spacial score (nSPS) is 10.0. The molecule has 0 radical (unpaired) electrons. The minimum atomic E-state index is -0.338. The Balaban J connectivity index is 2.44. The van der Waals surface area contributed by atoms with Gasteiger partial charge >= 0.3 is 0 Å². The van der Waals surface area contributed by atoms with Gasteiger partial charge in [-0.25, -0.2) is 0 Å². The predicted octanol–water partition coefficient (Wildman–Crippen LogP) is 1.99. The lowest BCUT2D eigenvalue weighted by molar-refractivity contribution is 0.0958. The van der Waals surface area contributed by atoms with Crippen molar-refractivity contribution in [2.24, 2.45) is 0 Å². The molecule has 108 valence electrons. The summed E-state index contributed by atoms with van der Waals surface area (Å²) in [6.07, 6.45) is 0.